The Labute approximate surface area is 165 Å². The van der Waals surface area contributed by atoms with Gasteiger partial charge in [0.2, 0.25) is 11.8 Å². The predicted molar refractivity (Wildman–Crippen MR) is 107 cm³/mol. The van der Waals surface area contributed by atoms with Gasteiger partial charge in [0.25, 0.3) is 0 Å². The number of benzene rings is 1. The van der Waals surface area contributed by atoms with Gasteiger partial charge in [0.1, 0.15) is 0 Å². The van der Waals surface area contributed by atoms with Crippen LogP contribution in [0.15, 0.2) is 28.0 Å². The van der Waals surface area contributed by atoms with Crippen molar-refractivity contribution in [3.8, 4) is 0 Å². The zero-order valence-corrected chi connectivity index (χ0v) is 17.5. The van der Waals surface area contributed by atoms with Crippen molar-refractivity contribution in [3.05, 3.63) is 18.2 Å². The number of rotatable bonds is 4. The average molecular weight is 411 g/mol. The molecule has 1 N–H and O–H groups in total. The molecule has 0 unspecified atom stereocenters. The molecule has 1 fully saturated rings. The van der Waals surface area contributed by atoms with Gasteiger partial charge in [-0.05, 0) is 50.8 Å². The van der Waals surface area contributed by atoms with Crippen LogP contribution in [0.5, 0.6) is 0 Å². The molecule has 2 aliphatic heterocycles. The molecule has 0 radical (unpaired) electrons. The fourth-order valence-electron chi connectivity index (χ4n) is 3.50. The summed E-state index contributed by atoms with van der Waals surface area (Å²) in [6.07, 6.45) is 2.05. The van der Waals surface area contributed by atoms with Crippen LogP contribution < -0.4 is 5.32 Å². The lowest BCUT2D eigenvalue weighted by atomic mass is 10.00. The van der Waals surface area contributed by atoms with Gasteiger partial charge in [-0.1, -0.05) is 6.92 Å². The first-order valence-corrected chi connectivity index (χ1v) is 11.7. The minimum absolute atomic E-state index is 0.0235. The van der Waals surface area contributed by atoms with Crippen molar-refractivity contribution in [1.82, 2.24) is 4.90 Å². The van der Waals surface area contributed by atoms with Crippen LogP contribution in [0.3, 0.4) is 0 Å². The largest absolute Gasteiger partial charge is 0.342 e. The molecule has 6 nitrogen and oxygen atoms in total. The number of hydrogen-bond acceptors (Lipinski definition) is 5. The Morgan fingerprint density at radius 3 is 2.81 bits per heavy atom. The number of likely N-dealkylation sites (tertiary alicyclic amines) is 1. The van der Waals surface area contributed by atoms with Crippen molar-refractivity contribution in [2.75, 3.05) is 18.4 Å². The molecule has 1 aromatic rings. The number of piperidine rings is 1. The van der Waals surface area contributed by atoms with Crippen molar-refractivity contribution in [2.24, 2.45) is 5.92 Å². The first-order chi connectivity index (χ1) is 12.7. The monoisotopic (exact) mass is 410 g/mol. The minimum atomic E-state index is -3.66. The summed E-state index contributed by atoms with van der Waals surface area (Å²) in [5.74, 6) is 0.219. The Bertz CT molecular complexity index is 853. The fourth-order valence-corrected chi connectivity index (χ4v) is 5.79. The molecular formula is C19H26N2O4S2. The maximum atomic E-state index is 13.0. The number of nitrogens with zero attached hydrogens (tertiary/aromatic N) is 1. The van der Waals surface area contributed by atoms with Gasteiger partial charge in [0.15, 0.2) is 9.84 Å². The number of hydrogen-bond donors (Lipinski definition) is 1. The van der Waals surface area contributed by atoms with Gasteiger partial charge < -0.3 is 10.2 Å². The molecule has 27 heavy (non-hydrogen) atoms. The SMILES string of the molecule is C[C@@H]1CCCN(C(=O)C[C@@H](C)S(=O)(=O)c2ccc3c(c2)NC(=O)[C@H](C)S3)C1. The Morgan fingerprint density at radius 2 is 2.11 bits per heavy atom. The van der Waals surface area contributed by atoms with Crippen molar-refractivity contribution < 1.29 is 18.0 Å². The summed E-state index contributed by atoms with van der Waals surface area (Å²) >= 11 is 1.41. The Morgan fingerprint density at radius 1 is 1.37 bits per heavy atom. The Kier molecular flexibility index (Phi) is 5.86. The first kappa shape index (κ1) is 20.2. The first-order valence-electron chi connectivity index (χ1n) is 9.31. The second-order valence-corrected chi connectivity index (χ2v) is 11.3. The van der Waals surface area contributed by atoms with Crippen LogP contribution in [-0.4, -0.2) is 48.7 Å². The molecule has 3 rings (SSSR count). The number of amides is 2. The van der Waals surface area contributed by atoms with E-state index in [0.717, 1.165) is 17.7 Å². The molecular weight excluding hydrogens is 384 g/mol. The smallest absolute Gasteiger partial charge is 0.237 e. The van der Waals surface area contributed by atoms with Crippen LogP contribution in [0, 0.1) is 5.92 Å². The number of carbonyl (C=O) groups is 2. The third-order valence-corrected chi connectivity index (χ3v) is 8.53. The van der Waals surface area contributed by atoms with Crippen molar-refractivity contribution in [3.63, 3.8) is 0 Å². The van der Waals surface area contributed by atoms with Crippen molar-refractivity contribution in [1.29, 1.82) is 0 Å². The van der Waals surface area contributed by atoms with Crippen LogP contribution in [0.4, 0.5) is 5.69 Å². The summed E-state index contributed by atoms with van der Waals surface area (Å²) in [4.78, 5) is 27.2. The van der Waals surface area contributed by atoms with E-state index in [-0.39, 0.29) is 28.4 Å². The highest BCUT2D eigenvalue weighted by molar-refractivity contribution is 8.01. The van der Waals surface area contributed by atoms with Crippen molar-refractivity contribution >= 4 is 39.1 Å². The topological polar surface area (TPSA) is 83.6 Å². The van der Waals surface area contributed by atoms with E-state index >= 15 is 0 Å². The molecule has 2 aliphatic rings. The number of thioether (sulfide) groups is 1. The highest BCUT2D eigenvalue weighted by atomic mass is 32.2. The van der Waals surface area contributed by atoms with Crippen LogP contribution in [-0.2, 0) is 19.4 Å². The standard InChI is InChI=1S/C19H26N2O4S2/c1-12-5-4-8-21(11-12)18(22)9-13(2)27(24,25)15-6-7-17-16(10-15)20-19(23)14(3)26-17/h6-7,10,12-14H,4-5,8-9,11H2,1-3H3,(H,20,23)/t12-,13-,14+/m1/s1. The van der Waals surface area contributed by atoms with Crippen LogP contribution in [0.1, 0.15) is 40.0 Å². The quantitative estimate of drug-likeness (QED) is 0.825. The zero-order valence-electron chi connectivity index (χ0n) is 15.9. The number of sulfone groups is 1. The predicted octanol–water partition coefficient (Wildman–Crippen LogP) is 2.93. The zero-order chi connectivity index (χ0) is 19.8. The minimum Gasteiger partial charge on any atom is -0.342 e. The Balaban J connectivity index is 1.75. The number of fused-ring (bicyclic) bond motifs is 1. The van der Waals surface area contributed by atoms with Crippen LogP contribution in [0.2, 0.25) is 0 Å². The number of anilines is 1. The third kappa shape index (κ3) is 4.32. The molecule has 8 heteroatoms. The molecule has 2 heterocycles. The molecule has 0 spiro atoms. The lowest BCUT2D eigenvalue weighted by molar-refractivity contribution is -0.132. The van der Waals surface area contributed by atoms with Gasteiger partial charge in [0.05, 0.1) is 21.1 Å². The summed E-state index contributed by atoms with van der Waals surface area (Å²) in [5, 5.41) is 1.74. The molecule has 0 bridgehead atoms. The average Bonchev–Trinajstić information content (AvgIpc) is 2.62. The third-order valence-electron chi connectivity index (χ3n) is 5.21. The molecule has 0 aliphatic carbocycles. The normalized spacial score (nSPS) is 24.1. The van der Waals surface area contributed by atoms with Gasteiger partial charge in [-0.25, -0.2) is 8.42 Å². The molecule has 2 amide bonds. The lowest BCUT2D eigenvalue weighted by Crippen LogP contribution is -2.41. The van der Waals surface area contributed by atoms with Gasteiger partial charge in [-0.3, -0.25) is 9.59 Å². The maximum absolute atomic E-state index is 13.0. The summed E-state index contributed by atoms with van der Waals surface area (Å²) in [7, 11) is -3.66. The summed E-state index contributed by atoms with van der Waals surface area (Å²) in [5.41, 5.74) is 0.521. The maximum Gasteiger partial charge on any atom is 0.237 e. The van der Waals surface area contributed by atoms with Gasteiger partial charge in [-0.15, -0.1) is 11.8 Å². The molecule has 0 aromatic heterocycles. The van der Waals surface area contributed by atoms with E-state index in [1.165, 1.54) is 17.8 Å². The van der Waals surface area contributed by atoms with E-state index < -0.39 is 15.1 Å². The fraction of sp³-hybridized carbons (Fsp3) is 0.579. The Hall–Kier alpha value is -1.54. The highest BCUT2D eigenvalue weighted by Gasteiger charge is 2.31. The van der Waals surface area contributed by atoms with Gasteiger partial charge in [0, 0.05) is 24.4 Å². The lowest BCUT2D eigenvalue weighted by Gasteiger charge is -2.31. The van der Waals surface area contributed by atoms with Crippen LogP contribution >= 0.6 is 11.8 Å². The second-order valence-electron chi connectivity index (χ2n) is 7.55. The summed E-state index contributed by atoms with van der Waals surface area (Å²) < 4.78 is 25.9. The van der Waals surface area contributed by atoms with E-state index in [1.807, 2.05) is 6.92 Å². The van der Waals surface area contributed by atoms with Gasteiger partial charge >= 0.3 is 0 Å². The summed E-state index contributed by atoms with van der Waals surface area (Å²) in [6, 6.07) is 4.80. The molecule has 1 aromatic carbocycles. The van der Waals surface area contributed by atoms with Gasteiger partial charge in [-0.2, -0.15) is 0 Å². The second kappa shape index (κ2) is 7.83. The van der Waals surface area contributed by atoms with E-state index in [2.05, 4.69) is 12.2 Å². The number of nitrogens with one attached hydrogen (secondary N) is 1. The number of carbonyl (C=O) groups excluding carboxylic acids is 2. The molecule has 1 saturated heterocycles. The van der Waals surface area contributed by atoms with Crippen molar-refractivity contribution in [2.45, 2.75) is 60.3 Å². The van der Waals surface area contributed by atoms with E-state index in [1.54, 1.807) is 24.0 Å². The van der Waals surface area contributed by atoms with E-state index in [0.29, 0.717) is 24.7 Å². The highest BCUT2D eigenvalue weighted by Crippen LogP contribution is 2.37. The molecule has 3 atom stereocenters. The molecule has 0 saturated carbocycles. The van der Waals surface area contributed by atoms with Crippen LogP contribution in [0.25, 0.3) is 0 Å². The van der Waals surface area contributed by atoms with E-state index in [4.69, 9.17) is 0 Å². The molecule has 148 valence electrons. The van der Waals surface area contributed by atoms with E-state index in [9.17, 15) is 18.0 Å². The summed E-state index contributed by atoms with van der Waals surface area (Å²) in [6.45, 7) is 6.90.